The van der Waals surface area contributed by atoms with Gasteiger partial charge in [-0.05, 0) is 61.7 Å². The molecule has 0 atom stereocenters. The zero-order chi connectivity index (χ0) is 11.3. The lowest BCUT2D eigenvalue weighted by atomic mass is 9.49. The minimum absolute atomic E-state index is 0.185. The van der Waals surface area contributed by atoms with Crippen molar-refractivity contribution in [3.05, 3.63) is 11.0 Å². The van der Waals surface area contributed by atoms with Crippen molar-refractivity contribution in [2.45, 2.75) is 38.5 Å². The van der Waals surface area contributed by atoms with Crippen LogP contribution in [0.3, 0.4) is 0 Å². The van der Waals surface area contributed by atoms with Gasteiger partial charge in [-0.1, -0.05) is 6.08 Å². The van der Waals surface area contributed by atoms with Crippen LogP contribution in [0.2, 0.25) is 0 Å². The molecule has 0 aromatic carbocycles. The lowest BCUT2D eigenvalue weighted by Crippen LogP contribution is -2.45. The highest BCUT2D eigenvalue weighted by atomic mass is 32.1. The molecule has 16 heavy (non-hydrogen) atoms. The average molecular weight is 238 g/mol. The Morgan fingerprint density at radius 1 is 1.12 bits per heavy atom. The molecular formula is C13H18O2S. The summed E-state index contributed by atoms with van der Waals surface area (Å²) >= 11 is 4.10. The molecule has 4 bridgehead atoms. The van der Waals surface area contributed by atoms with Gasteiger partial charge in [0.05, 0.1) is 4.91 Å². The van der Waals surface area contributed by atoms with Crippen LogP contribution in [0.25, 0.3) is 0 Å². The summed E-state index contributed by atoms with van der Waals surface area (Å²) < 4.78 is 0. The summed E-state index contributed by atoms with van der Waals surface area (Å²) in [6.45, 7) is 0. The van der Waals surface area contributed by atoms with Crippen LogP contribution in [0.1, 0.15) is 38.5 Å². The number of thiol groups is 1. The quantitative estimate of drug-likeness (QED) is 0.573. The molecule has 0 spiro atoms. The molecule has 4 aliphatic carbocycles. The summed E-state index contributed by atoms with van der Waals surface area (Å²) in [4.78, 5) is 11.1. The molecule has 3 heteroatoms. The predicted molar refractivity (Wildman–Crippen MR) is 65.3 cm³/mol. The first-order valence-corrected chi connectivity index (χ1v) is 6.66. The second-order valence-corrected chi connectivity index (χ2v) is 6.60. The average Bonchev–Trinajstić information content (AvgIpc) is 2.13. The Labute approximate surface area is 102 Å². The van der Waals surface area contributed by atoms with Gasteiger partial charge in [-0.3, -0.25) is 0 Å². The summed E-state index contributed by atoms with van der Waals surface area (Å²) in [5.41, 5.74) is 0.185. The van der Waals surface area contributed by atoms with Gasteiger partial charge in [0.15, 0.2) is 0 Å². The highest BCUT2D eigenvalue weighted by Crippen LogP contribution is 2.60. The Morgan fingerprint density at radius 3 is 1.94 bits per heavy atom. The summed E-state index contributed by atoms with van der Waals surface area (Å²) in [5.74, 6) is 1.70. The van der Waals surface area contributed by atoms with Crippen LogP contribution < -0.4 is 0 Å². The molecule has 88 valence electrons. The van der Waals surface area contributed by atoms with Crippen LogP contribution in [-0.2, 0) is 4.79 Å². The van der Waals surface area contributed by atoms with Crippen LogP contribution in [0, 0.1) is 23.2 Å². The van der Waals surface area contributed by atoms with E-state index in [0.717, 1.165) is 17.8 Å². The maximum atomic E-state index is 10.9. The normalized spacial score (nSPS) is 46.1. The molecule has 2 nitrogen and oxygen atoms in total. The van der Waals surface area contributed by atoms with E-state index in [1.165, 1.54) is 38.5 Å². The Morgan fingerprint density at radius 2 is 1.56 bits per heavy atom. The van der Waals surface area contributed by atoms with Gasteiger partial charge in [-0.2, -0.15) is 0 Å². The SMILES string of the molecule is O=C(O)/C(S)=C\C12CC3CC(CC(C3)C1)C2. The molecule has 4 rings (SSSR count). The van der Waals surface area contributed by atoms with Crippen molar-refractivity contribution >= 4 is 18.6 Å². The van der Waals surface area contributed by atoms with Crippen molar-refractivity contribution in [3.8, 4) is 0 Å². The molecule has 0 amide bonds. The van der Waals surface area contributed by atoms with E-state index >= 15 is 0 Å². The molecule has 0 heterocycles. The number of allylic oxidation sites excluding steroid dienone is 1. The fraction of sp³-hybridized carbons (Fsp3) is 0.769. The molecule has 0 saturated heterocycles. The fourth-order valence-electron chi connectivity index (χ4n) is 4.71. The number of hydrogen-bond donors (Lipinski definition) is 2. The molecule has 4 saturated carbocycles. The molecule has 1 N–H and O–H groups in total. The number of carboxylic acids is 1. The molecule has 0 radical (unpaired) electrons. The molecule has 0 aromatic rings. The van der Waals surface area contributed by atoms with E-state index in [9.17, 15) is 4.79 Å². The Kier molecular flexibility index (Phi) is 2.36. The third-order valence-corrected chi connectivity index (χ3v) is 5.07. The van der Waals surface area contributed by atoms with Gasteiger partial charge in [-0.15, -0.1) is 12.6 Å². The standard InChI is InChI=1S/C13H18O2S/c14-12(15)11(16)7-13-4-8-1-9(5-13)3-10(2-8)6-13/h7-10,16H,1-6H2,(H,14,15)/b11-7+. The van der Waals surface area contributed by atoms with Gasteiger partial charge < -0.3 is 5.11 Å². The van der Waals surface area contributed by atoms with E-state index in [1.54, 1.807) is 0 Å². The van der Waals surface area contributed by atoms with Crippen molar-refractivity contribution < 1.29 is 9.90 Å². The van der Waals surface area contributed by atoms with E-state index in [4.69, 9.17) is 5.11 Å². The molecule has 0 aliphatic heterocycles. The highest BCUT2D eigenvalue weighted by molar-refractivity contribution is 7.85. The first-order chi connectivity index (χ1) is 7.56. The zero-order valence-electron chi connectivity index (χ0n) is 9.35. The van der Waals surface area contributed by atoms with E-state index in [-0.39, 0.29) is 10.3 Å². The summed E-state index contributed by atoms with van der Waals surface area (Å²) in [6.07, 6.45) is 9.75. The third kappa shape index (κ3) is 1.69. The summed E-state index contributed by atoms with van der Waals surface area (Å²) in [7, 11) is 0. The smallest absolute Gasteiger partial charge is 0.341 e. The first kappa shape index (κ1) is 10.7. The number of rotatable bonds is 2. The minimum Gasteiger partial charge on any atom is -0.477 e. The van der Waals surface area contributed by atoms with Crippen LogP contribution in [0.15, 0.2) is 11.0 Å². The maximum Gasteiger partial charge on any atom is 0.341 e. The summed E-state index contributed by atoms with van der Waals surface area (Å²) in [6, 6.07) is 0. The Balaban J connectivity index is 1.89. The van der Waals surface area contributed by atoms with Gasteiger partial charge in [0.2, 0.25) is 0 Å². The molecule has 4 fully saturated rings. The monoisotopic (exact) mass is 238 g/mol. The van der Waals surface area contributed by atoms with Crippen molar-refractivity contribution in [1.29, 1.82) is 0 Å². The molecule has 0 aromatic heterocycles. The van der Waals surface area contributed by atoms with Crippen molar-refractivity contribution in [1.82, 2.24) is 0 Å². The zero-order valence-corrected chi connectivity index (χ0v) is 10.2. The Hall–Kier alpha value is -0.440. The molecular weight excluding hydrogens is 220 g/mol. The number of aliphatic carboxylic acids is 1. The van der Waals surface area contributed by atoms with Crippen LogP contribution in [0.4, 0.5) is 0 Å². The van der Waals surface area contributed by atoms with Crippen LogP contribution in [0.5, 0.6) is 0 Å². The number of hydrogen-bond acceptors (Lipinski definition) is 2. The summed E-state index contributed by atoms with van der Waals surface area (Å²) in [5, 5.41) is 8.94. The molecule has 0 unspecified atom stereocenters. The predicted octanol–water partition coefficient (Wildman–Crippen LogP) is 3.10. The minimum atomic E-state index is -0.876. The van der Waals surface area contributed by atoms with Crippen molar-refractivity contribution in [2.24, 2.45) is 23.2 Å². The van der Waals surface area contributed by atoms with Gasteiger partial charge in [0.25, 0.3) is 0 Å². The van der Waals surface area contributed by atoms with E-state index < -0.39 is 5.97 Å². The number of carboxylic acid groups (broad SMARTS) is 1. The first-order valence-electron chi connectivity index (χ1n) is 6.21. The lowest BCUT2D eigenvalue weighted by Gasteiger charge is -2.55. The fourth-order valence-corrected chi connectivity index (χ4v) is 4.98. The Bertz CT molecular complexity index is 324. The largest absolute Gasteiger partial charge is 0.477 e. The molecule has 4 aliphatic rings. The maximum absolute atomic E-state index is 10.9. The van der Waals surface area contributed by atoms with Crippen molar-refractivity contribution in [3.63, 3.8) is 0 Å². The van der Waals surface area contributed by atoms with E-state index in [1.807, 2.05) is 6.08 Å². The topological polar surface area (TPSA) is 37.3 Å². The van der Waals surface area contributed by atoms with Gasteiger partial charge in [-0.25, -0.2) is 4.79 Å². The van der Waals surface area contributed by atoms with E-state index in [0.29, 0.717) is 0 Å². The number of carbonyl (C=O) groups is 1. The van der Waals surface area contributed by atoms with E-state index in [2.05, 4.69) is 12.6 Å². The lowest BCUT2D eigenvalue weighted by molar-refractivity contribution is -0.132. The third-order valence-electron chi connectivity index (χ3n) is 4.75. The highest BCUT2D eigenvalue weighted by Gasteiger charge is 2.49. The van der Waals surface area contributed by atoms with Crippen molar-refractivity contribution in [2.75, 3.05) is 0 Å². The van der Waals surface area contributed by atoms with Crippen LogP contribution in [-0.4, -0.2) is 11.1 Å². The van der Waals surface area contributed by atoms with Gasteiger partial charge >= 0.3 is 5.97 Å². The van der Waals surface area contributed by atoms with Gasteiger partial charge in [0, 0.05) is 0 Å². The second-order valence-electron chi connectivity index (χ2n) is 6.11. The van der Waals surface area contributed by atoms with Crippen LogP contribution >= 0.6 is 12.6 Å². The van der Waals surface area contributed by atoms with Gasteiger partial charge in [0.1, 0.15) is 0 Å². The second kappa shape index (κ2) is 3.52.